The molecule has 0 aliphatic carbocycles. The molecule has 0 unspecified atom stereocenters. The lowest BCUT2D eigenvalue weighted by Crippen LogP contribution is -2.63. The molecule has 1 aliphatic heterocycles. The molecule has 5 nitrogen and oxygen atoms in total. The number of nitrogens with one attached hydrogen (secondary N) is 1. The Hall–Kier alpha value is -3.60. The number of fused-ring (bicyclic) bond motifs is 1. The van der Waals surface area contributed by atoms with Crippen molar-refractivity contribution < 1.29 is 14.3 Å². The summed E-state index contributed by atoms with van der Waals surface area (Å²) in [7, 11) is 1.61. The molecule has 3 aromatic carbocycles. The third-order valence-electron chi connectivity index (χ3n) is 5.85. The van der Waals surface area contributed by atoms with E-state index in [1.54, 1.807) is 12.0 Å². The van der Waals surface area contributed by atoms with Crippen LogP contribution in [-0.4, -0.2) is 24.5 Å². The number of carbonyl (C=O) groups excluding carboxylic acids is 2. The molecule has 1 atom stereocenters. The van der Waals surface area contributed by atoms with Crippen molar-refractivity contribution in [2.45, 2.75) is 32.4 Å². The molecule has 0 radical (unpaired) electrons. The van der Waals surface area contributed by atoms with Gasteiger partial charge in [0.05, 0.1) is 7.11 Å². The van der Waals surface area contributed by atoms with Crippen LogP contribution in [0, 0.1) is 6.92 Å². The SMILES string of the molecule is COc1cccc(CNC(=O)[C@@]2(C)Cc3ccccc3C(=O)N2c2ccc(C)cc2)c1. The van der Waals surface area contributed by atoms with E-state index in [0.29, 0.717) is 24.2 Å². The predicted molar refractivity (Wildman–Crippen MR) is 121 cm³/mol. The van der Waals surface area contributed by atoms with Gasteiger partial charge in [-0.05, 0) is 55.3 Å². The van der Waals surface area contributed by atoms with E-state index in [-0.39, 0.29) is 11.8 Å². The zero-order chi connectivity index (χ0) is 22.0. The largest absolute Gasteiger partial charge is 0.497 e. The molecule has 0 saturated heterocycles. The van der Waals surface area contributed by atoms with E-state index in [1.807, 2.05) is 86.6 Å². The van der Waals surface area contributed by atoms with Gasteiger partial charge in [-0.15, -0.1) is 0 Å². The van der Waals surface area contributed by atoms with E-state index < -0.39 is 5.54 Å². The average molecular weight is 415 g/mol. The minimum absolute atomic E-state index is 0.162. The summed E-state index contributed by atoms with van der Waals surface area (Å²) < 4.78 is 5.27. The number of aryl methyl sites for hydroxylation is 1. The molecule has 1 aliphatic rings. The summed E-state index contributed by atoms with van der Waals surface area (Å²) in [4.78, 5) is 28.7. The van der Waals surface area contributed by atoms with E-state index in [1.165, 1.54) is 0 Å². The number of hydrogen-bond acceptors (Lipinski definition) is 3. The molecule has 0 fully saturated rings. The fourth-order valence-electron chi connectivity index (χ4n) is 4.11. The highest BCUT2D eigenvalue weighted by Gasteiger charge is 2.47. The smallest absolute Gasteiger partial charge is 0.259 e. The maximum Gasteiger partial charge on any atom is 0.259 e. The fourth-order valence-corrected chi connectivity index (χ4v) is 4.11. The molecule has 5 heteroatoms. The first-order chi connectivity index (χ1) is 14.9. The average Bonchev–Trinajstić information content (AvgIpc) is 2.79. The summed E-state index contributed by atoms with van der Waals surface area (Å²) in [6.07, 6.45) is 0.437. The van der Waals surface area contributed by atoms with Crippen molar-refractivity contribution in [1.29, 1.82) is 0 Å². The van der Waals surface area contributed by atoms with Crippen LogP contribution >= 0.6 is 0 Å². The molecule has 1 heterocycles. The molecular formula is C26H26N2O3. The van der Waals surface area contributed by atoms with Crippen molar-refractivity contribution in [3.63, 3.8) is 0 Å². The summed E-state index contributed by atoms with van der Waals surface area (Å²) in [6.45, 7) is 4.18. The van der Waals surface area contributed by atoms with Gasteiger partial charge in [0.15, 0.2) is 0 Å². The monoisotopic (exact) mass is 414 g/mol. The Bertz CT molecular complexity index is 1120. The Labute approximate surface area is 182 Å². The van der Waals surface area contributed by atoms with Crippen molar-refractivity contribution in [3.8, 4) is 5.75 Å². The Morgan fingerprint density at radius 1 is 1.06 bits per heavy atom. The number of methoxy groups -OCH3 is 1. The van der Waals surface area contributed by atoms with Crippen LogP contribution in [0.25, 0.3) is 0 Å². The third-order valence-corrected chi connectivity index (χ3v) is 5.85. The van der Waals surface area contributed by atoms with Gasteiger partial charge in [-0.2, -0.15) is 0 Å². The van der Waals surface area contributed by atoms with E-state index in [4.69, 9.17) is 4.74 Å². The van der Waals surface area contributed by atoms with Crippen LogP contribution < -0.4 is 15.0 Å². The molecule has 158 valence electrons. The van der Waals surface area contributed by atoms with Crippen LogP contribution in [0.3, 0.4) is 0 Å². The van der Waals surface area contributed by atoms with Crippen LogP contribution in [0.5, 0.6) is 5.75 Å². The summed E-state index contributed by atoms with van der Waals surface area (Å²) in [6, 6.07) is 22.8. The second-order valence-corrected chi connectivity index (χ2v) is 8.12. The van der Waals surface area contributed by atoms with Crippen molar-refractivity contribution >= 4 is 17.5 Å². The second-order valence-electron chi connectivity index (χ2n) is 8.12. The number of ether oxygens (including phenoxy) is 1. The maximum absolute atomic E-state index is 13.5. The van der Waals surface area contributed by atoms with Crippen LogP contribution in [0.1, 0.15) is 34.0 Å². The molecule has 0 saturated carbocycles. The Morgan fingerprint density at radius 3 is 2.55 bits per heavy atom. The molecule has 2 amide bonds. The van der Waals surface area contributed by atoms with Gasteiger partial charge >= 0.3 is 0 Å². The minimum Gasteiger partial charge on any atom is -0.497 e. The Morgan fingerprint density at radius 2 is 1.81 bits per heavy atom. The minimum atomic E-state index is -1.06. The quantitative estimate of drug-likeness (QED) is 0.678. The van der Waals surface area contributed by atoms with Crippen molar-refractivity contribution in [2.24, 2.45) is 0 Å². The number of hydrogen-bond donors (Lipinski definition) is 1. The zero-order valence-corrected chi connectivity index (χ0v) is 18.0. The van der Waals surface area contributed by atoms with Gasteiger partial charge in [0.1, 0.15) is 11.3 Å². The number of amides is 2. The number of carbonyl (C=O) groups is 2. The Balaban J connectivity index is 1.68. The van der Waals surface area contributed by atoms with Crippen molar-refractivity contribution in [2.75, 3.05) is 12.0 Å². The molecule has 0 bridgehead atoms. The van der Waals surface area contributed by atoms with E-state index in [0.717, 1.165) is 22.4 Å². The topological polar surface area (TPSA) is 58.6 Å². The molecule has 0 spiro atoms. The second kappa shape index (κ2) is 8.26. The number of benzene rings is 3. The van der Waals surface area contributed by atoms with Gasteiger partial charge in [0.2, 0.25) is 5.91 Å². The summed E-state index contributed by atoms with van der Waals surface area (Å²) in [5.41, 5.74) is 3.21. The van der Waals surface area contributed by atoms with Gasteiger partial charge in [-0.3, -0.25) is 14.5 Å². The van der Waals surface area contributed by atoms with Gasteiger partial charge in [0.25, 0.3) is 5.91 Å². The van der Waals surface area contributed by atoms with Gasteiger partial charge in [-0.25, -0.2) is 0 Å². The van der Waals surface area contributed by atoms with E-state index in [9.17, 15) is 9.59 Å². The molecular weight excluding hydrogens is 388 g/mol. The standard InChI is InChI=1S/C26H26N2O3/c1-18-11-13-21(14-12-18)28-24(29)23-10-5-4-8-20(23)16-26(28,2)25(30)27-17-19-7-6-9-22(15-19)31-3/h4-15H,16-17H2,1-3H3,(H,27,30)/t26-/m1/s1. The third kappa shape index (κ3) is 3.91. The summed E-state index contributed by atoms with van der Waals surface area (Å²) in [5, 5.41) is 3.03. The van der Waals surface area contributed by atoms with E-state index >= 15 is 0 Å². The summed E-state index contributed by atoms with van der Waals surface area (Å²) in [5.74, 6) is 0.379. The fraction of sp³-hybridized carbons (Fsp3) is 0.231. The van der Waals surface area contributed by atoms with Gasteiger partial charge in [-0.1, -0.05) is 48.0 Å². The first-order valence-electron chi connectivity index (χ1n) is 10.3. The van der Waals surface area contributed by atoms with Crippen LogP contribution in [0.4, 0.5) is 5.69 Å². The van der Waals surface area contributed by atoms with Gasteiger partial charge < -0.3 is 10.1 Å². The molecule has 31 heavy (non-hydrogen) atoms. The van der Waals surface area contributed by atoms with Crippen molar-refractivity contribution in [3.05, 3.63) is 95.1 Å². The summed E-state index contributed by atoms with van der Waals surface area (Å²) >= 11 is 0. The lowest BCUT2D eigenvalue weighted by molar-refractivity contribution is -0.126. The van der Waals surface area contributed by atoms with Gasteiger partial charge in [0, 0.05) is 24.2 Å². The predicted octanol–water partition coefficient (Wildman–Crippen LogP) is 4.28. The highest BCUT2D eigenvalue weighted by atomic mass is 16.5. The first-order valence-corrected chi connectivity index (χ1v) is 10.3. The molecule has 1 N–H and O–H groups in total. The highest BCUT2D eigenvalue weighted by molar-refractivity contribution is 6.14. The number of nitrogens with zero attached hydrogens (tertiary/aromatic N) is 1. The number of anilines is 1. The van der Waals surface area contributed by atoms with E-state index in [2.05, 4.69) is 5.32 Å². The highest BCUT2D eigenvalue weighted by Crippen LogP contribution is 2.35. The van der Waals surface area contributed by atoms with Crippen LogP contribution in [0.15, 0.2) is 72.8 Å². The first kappa shape index (κ1) is 20.7. The molecule has 0 aromatic heterocycles. The Kier molecular flexibility index (Phi) is 5.51. The zero-order valence-electron chi connectivity index (χ0n) is 18.0. The van der Waals surface area contributed by atoms with Crippen LogP contribution in [-0.2, 0) is 17.8 Å². The van der Waals surface area contributed by atoms with Crippen LogP contribution in [0.2, 0.25) is 0 Å². The van der Waals surface area contributed by atoms with Crippen molar-refractivity contribution in [1.82, 2.24) is 5.32 Å². The lowest BCUT2D eigenvalue weighted by atomic mass is 9.82. The number of rotatable bonds is 5. The molecule has 4 rings (SSSR count). The lowest BCUT2D eigenvalue weighted by Gasteiger charge is -2.44. The molecule has 3 aromatic rings. The maximum atomic E-state index is 13.5. The normalized spacial score (nSPS) is 17.8.